The van der Waals surface area contributed by atoms with Crippen LogP contribution in [-0.2, 0) is 6.42 Å². The lowest BCUT2D eigenvalue weighted by Crippen LogP contribution is -2.39. The number of amides is 1. The summed E-state index contributed by atoms with van der Waals surface area (Å²) in [7, 11) is 0. The molecule has 0 saturated heterocycles. The van der Waals surface area contributed by atoms with Crippen LogP contribution in [0.3, 0.4) is 0 Å². The van der Waals surface area contributed by atoms with Gasteiger partial charge in [0.05, 0.1) is 0 Å². The summed E-state index contributed by atoms with van der Waals surface area (Å²) in [5, 5.41) is 6.62. The third-order valence-electron chi connectivity index (χ3n) is 6.68. The lowest BCUT2D eigenvalue weighted by atomic mass is 9.91. The average Bonchev–Trinajstić information content (AvgIpc) is 2.85. The van der Waals surface area contributed by atoms with E-state index < -0.39 is 0 Å². The Hall–Kier alpha value is -3.31. The van der Waals surface area contributed by atoms with Gasteiger partial charge in [0.2, 0.25) is 0 Å². The minimum atomic E-state index is -0.132. The Morgan fingerprint density at radius 2 is 1.66 bits per heavy atom. The molecule has 0 bridgehead atoms. The number of carbonyl (C=O) groups is 1. The Bertz CT molecular complexity index is 1100. The second-order valence-electron chi connectivity index (χ2n) is 9.93. The van der Waals surface area contributed by atoms with Crippen LogP contribution in [0.5, 0.6) is 11.5 Å². The van der Waals surface area contributed by atoms with Crippen molar-refractivity contribution in [3.8, 4) is 11.5 Å². The van der Waals surface area contributed by atoms with Crippen molar-refractivity contribution in [3.05, 3.63) is 83.9 Å². The molecular weight excluding hydrogens is 434 g/mol. The molecule has 5 nitrogen and oxygen atoms in total. The third kappa shape index (κ3) is 6.64. The third-order valence-corrected chi connectivity index (χ3v) is 6.68. The number of nitrogens with one attached hydrogen (secondary N) is 2. The molecule has 0 spiro atoms. The molecule has 1 atom stereocenters. The van der Waals surface area contributed by atoms with Crippen LogP contribution < -0.4 is 15.4 Å². The number of para-hydroxylation sites is 1. The van der Waals surface area contributed by atoms with Crippen LogP contribution in [-0.4, -0.2) is 36.0 Å². The highest BCUT2D eigenvalue weighted by molar-refractivity contribution is 6.04. The first kappa shape index (κ1) is 24.8. The number of benzene rings is 3. The molecule has 0 aromatic heterocycles. The number of fused-ring (bicyclic) bond motifs is 1. The quantitative estimate of drug-likeness (QED) is 0.359. The number of nitrogens with zero attached hydrogens (tertiary/aromatic N) is 1. The van der Waals surface area contributed by atoms with Gasteiger partial charge in [-0.05, 0) is 107 Å². The van der Waals surface area contributed by atoms with Gasteiger partial charge in [-0.2, -0.15) is 0 Å². The van der Waals surface area contributed by atoms with Gasteiger partial charge in [0.25, 0.3) is 5.91 Å². The first-order chi connectivity index (χ1) is 16.9. The molecule has 5 heteroatoms. The molecule has 0 fully saturated rings. The summed E-state index contributed by atoms with van der Waals surface area (Å²) >= 11 is 0. The largest absolute Gasteiger partial charge is 0.457 e. The van der Waals surface area contributed by atoms with Crippen molar-refractivity contribution in [2.75, 3.05) is 23.7 Å². The van der Waals surface area contributed by atoms with Gasteiger partial charge >= 0.3 is 0 Å². The predicted octanol–water partition coefficient (Wildman–Crippen LogP) is 6.82. The molecule has 0 saturated carbocycles. The Labute approximate surface area is 209 Å². The topological polar surface area (TPSA) is 53.6 Å². The fraction of sp³-hybridized carbons (Fsp3) is 0.367. The summed E-state index contributed by atoms with van der Waals surface area (Å²) in [6, 6.07) is 24.1. The van der Waals surface area contributed by atoms with Crippen LogP contribution in [0.25, 0.3) is 0 Å². The molecular formula is C30H37N3O2. The van der Waals surface area contributed by atoms with Gasteiger partial charge in [-0.3, -0.25) is 9.69 Å². The summed E-state index contributed by atoms with van der Waals surface area (Å²) in [5.41, 5.74) is 3.84. The van der Waals surface area contributed by atoms with E-state index in [4.69, 9.17) is 4.74 Å². The lowest BCUT2D eigenvalue weighted by Gasteiger charge is -2.33. The van der Waals surface area contributed by atoms with Crippen LogP contribution >= 0.6 is 0 Å². The van der Waals surface area contributed by atoms with Gasteiger partial charge in [0.15, 0.2) is 0 Å². The average molecular weight is 472 g/mol. The number of carbonyl (C=O) groups excluding carboxylic acids is 1. The van der Waals surface area contributed by atoms with Gasteiger partial charge in [-0.15, -0.1) is 0 Å². The van der Waals surface area contributed by atoms with E-state index in [1.54, 1.807) is 12.1 Å². The van der Waals surface area contributed by atoms with Crippen molar-refractivity contribution < 1.29 is 9.53 Å². The minimum absolute atomic E-state index is 0.132. The molecule has 0 aliphatic carbocycles. The van der Waals surface area contributed by atoms with Gasteiger partial charge < -0.3 is 15.4 Å². The molecule has 1 aliphatic heterocycles. The maximum absolute atomic E-state index is 12.8. The van der Waals surface area contributed by atoms with Crippen molar-refractivity contribution >= 4 is 17.3 Å². The first-order valence-electron chi connectivity index (χ1n) is 12.7. The fourth-order valence-electron chi connectivity index (χ4n) is 4.78. The van der Waals surface area contributed by atoms with E-state index in [1.807, 2.05) is 54.6 Å². The van der Waals surface area contributed by atoms with Crippen LogP contribution in [0.15, 0.2) is 72.8 Å². The Morgan fingerprint density at radius 1 is 0.971 bits per heavy atom. The molecule has 2 N–H and O–H groups in total. The van der Waals surface area contributed by atoms with Gasteiger partial charge in [0, 0.05) is 35.6 Å². The zero-order valence-corrected chi connectivity index (χ0v) is 21.3. The highest BCUT2D eigenvalue weighted by Crippen LogP contribution is 2.30. The van der Waals surface area contributed by atoms with Gasteiger partial charge in [-0.1, -0.05) is 24.3 Å². The molecule has 4 rings (SSSR count). The molecule has 1 aliphatic rings. The maximum atomic E-state index is 12.8. The highest BCUT2D eigenvalue weighted by atomic mass is 16.5. The van der Waals surface area contributed by atoms with Gasteiger partial charge in [0.1, 0.15) is 11.5 Å². The lowest BCUT2D eigenvalue weighted by molar-refractivity contribution is 0.102. The summed E-state index contributed by atoms with van der Waals surface area (Å²) < 4.78 is 5.81. The van der Waals surface area contributed by atoms with E-state index in [9.17, 15) is 4.79 Å². The van der Waals surface area contributed by atoms with E-state index in [0.29, 0.717) is 29.3 Å². The monoisotopic (exact) mass is 471 g/mol. The smallest absolute Gasteiger partial charge is 0.255 e. The van der Waals surface area contributed by atoms with Crippen LogP contribution in [0, 0.1) is 5.92 Å². The normalized spacial score (nSPS) is 15.1. The molecule has 35 heavy (non-hydrogen) atoms. The summed E-state index contributed by atoms with van der Waals surface area (Å²) in [6.07, 6.45) is 2.26. The molecule has 184 valence electrons. The van der Waals surface area contributed by atoms with E-state index >= 15 is 0 Å². The van der Waals surface area contributed by atoms with E-state index in [1.165, 1.54) is 12.0 Å². The summed E-state index contributed by atoms with van der Waals surface area (Å²) in [4.78, 5) is 15.3. The Balaban J connectivity index is 1.32. The first-order valence-corrected chi connectivity index (χ1v) is 12.7. The van der Waals surface area contributed by atoms with Crippen LogP contribution in [0.1, 0.15) is 50.0 Å². The second kappa shape index (κ2) is 11.4. The van der Waals surface area contributed by atoms with E-state index in [-0.39, 0.29) is 5.91 Å². The molecule has 1 heterocycles. The molecule has 1 unspecified atom stereocenters. The van der Waals surface area contributed by atoms with E-state index in [0.717, 1.165) is 36.6 Å². The summed E-state index contributed by atoms with van der Waals surface area (Å²) in [5.74, 6) is 1.96. The molecule has 0 radical (unpaired) electrons. The van der Waals surface area contributed by atoms with Crippen LogP contribution in [0.2, 0.25) is 0 Å². The molecule has 1 amide bonds. The zero-order valence-electron chi connectivity index (χ0n) is 21.3. The van der Waals surface area contributed by atoms with Crippen LogP contribution in [0.4, 0.5) is 11.4 Å². The standard InChI is InChI=1S/C30H37N3O2/c1-21(2)33(22(3)4)17-16-23-18-25-10-13-26(19-29(25)31-20-23)32-30(34)24-11-14-28(15-12-24)35-27-8-6-5-7-9-27/h5-15,19,21-23,31H,16-18,20H2,1-4H3,(H,32,34). The maximum Gasteiger partial charge on any atom is 0.255 e. The SMILES string of the molecule is CC(C)N(CCC1CNc2cc(NC(=O)c3ccc(Oc4ccccc4)cc3)ccc2C1)C(C)C. The highest BCUT2D eigenvalue weighted by Gasteiger charge is 2.21. The Kier molecular flexibility index (Phi) is 8.09. The second-order valence-corrected chi connectivity index (χ2v) is 9.93. The predicted molar refractivity (Wildman–Crippen MR) is 145 cm³/mol. The number of hydrogen-bond acceptors (Lipinski definition) is 4. The van der Waals surface area contributed by atoms with Gasteiger partial charge in [-0.25, -0.2) is 0 Å². The fourth-order valence-corrected chi connectivity index (χ4v) is 4.78. The number of rotatable bonds is 9. The van der Waals surface area contributed by atoms with Crippen molar-refractivity contribution in [2.45, 2.75) is 52.6 Å². The number of anilines is 2. The number of ether oxygens (including phenoxy) is 1. The Morgan fingerprint density at radius 3 is 2.34 bits per heavy atom. The summed E-state index contributed by atoms with van der Waals surface area (Å²) in [6.45, 7) is 11.2. The van der Waals surface area contributed by atoms with Crippen molar-refractivity contribution in [1.82, 2.24) is 4.90 Å². The minimum Gasteiger partial charge on any atom is -0.457 e. The van der Waals surface area contributed by atoms with Crippen molar-refractivity contribution in [2.24, 2.45) is 5.92 Å². The van der Waals surface area contributed by atoms with E-state index in [2.05, 4.69) is 49.3 Å². The molecule has 3 aromatic rings. The van der Waals surface area contributed by atoms with Crippen molar-refractivity contribution in [3.63, 3.8) is 0 Å². The van der Waals surface area contributed by atoms with Crippen molar-refractivity contribution in [1.29, 1.82) is 0 Å². The number of hydrogen-bond donors (Lipinski definition) is 2. The molecule has 3 aromatic carbocycles. The zero-order chi connectivity index (χ0) is 24.8.